The van der Waals surface area contributed by atoms with Crippen LogP contribution >= 0.6 is 0 Å². The number of rotatable bonds is 5. The Morgan fingerprint density at radius 2 is 1.31 bits per heavy atom. The second-order valence-electron chi connectivity index (χ2n) is 6.51. The maximum absolute atomic E-state index is 12.5. The second-order valence-corrected chi connectivity index (χ2v) is 8.19. The fraction of sp³-hybridized carbons (Fsp3) is 0. The normalized spacial score (nSPS) is 11.2. The van der Waals surface area contributed by atoms with E-state index in [0.29, 0.717) is 16.9 Å². The number of carbonyl (C=O) groups excluding carboxylic acids is 1. The van der Waals surface area contributed by atoms with Crippen LogP contribution in [-0.4, -0.2) is 14.3 Å². The molecule has 0 heterocycles. The predicted octanol–water partition coefficient (Wildman–Crippen LogP) is 4.89. The molecule has 4 rings (SSSR count). The van der Waals surface area contributed by atoms with Gasteiger partial charge < -0.3 is 5.32 Å². The lowest BCUT2D eigenvalue weighted by Crippen LogP contribution is -2.14. The molecule has 29 heavy (non-hydrogen) atoms. The minimum absolute atomic E-state index is 0.0867. The number of sulfonamides is 1. The Morgan fingerprint density at radius 3 is 2.03 bits per heavy atom. The van der Waals surface area contributed by atoms with Gasteiger partial charge in [-0.3, -0.25) is 9.52 Å². The molecule has 0 fully saturated rings. The molecule has 0 saturated carbocycles. The van der Waals surface area contributed by atoms with Gasteiger partial charge in [-0.2, -0.15) is 0 Å². The summed E-state index contributed by atoms with van der Waals surface area (Å²) in [6.45, 7) is 0. The number of hydrogen-bond donors (Lipinski definition) is 2. The summed E-state index contributed by atoms with van der Waals surface area (Å²) >= 11 is 0. The summed E-state index contributed by atoms with van der Waals surface area (Å²) in [5.41, 5.74) is 1.53. The molecule has 0 aliphatic carbocycles. The molecule has 0 aliphatic rings. The standard InChI is InChI=1S/C23H18N2O3S/c26-23(24-21-13-10-17-6-4-5-7-19(17)16-21)18-11-14-22(15-12-18)29(27,28)25-20-8-2-1-3-9-20/h1-16,25H,(H,24,26). The lowest BCUT2D eigenvalue weighted by molar-refractivity contribution is 0.102. The Balaban J connectivity index is 1.50. The SMILES string of the molecule is O=C(Nc1ccc2ccccc2c1)c1ccc(S(=O)(=O)Nc2ccccc2)cc1. The Hall–Kier alpha value is -3.64. The monoisotopic (exact) mass is 402 g/mol. The first-order valence-electron chi connectivity index (χ1n) is 8.99. The summed E-state index contributed by atoms with van der Waals surface area (Å²) < 4.78 is 27.5. The third-order valence-electron chi connectivity index (χ3n) is 4.46. The van der Waals surface area contributed by atoms with Crippen LogP contribution in [0.25, 0.3) is 10.8 Å². The van der Waals surface area contributed by atoms with Crippen molar-refractivity contribution < 1.29 is 13.2 Å². The molecule has 0 spiro atoms. The van der Waals surface area contributed by atoms with Crippen molar-refractivity contribution in [1.82, 2.24) is 0 Å². The van der Waals surface area contributed by atoms with Crippen LogP contribution in [0.15, 0.2) is 102 Å². The lowest BCUT2D eigenvalue weighted by atomic mass is 10.1. The molecule has 6 heteroatoms. The molecule has 0 atom stereocenters. The van der Waals surface area contributed by atoms with Crippen LogP contribution in [0.1, 0.15) is 10.4 Å². The Kier molecular flexibility index (Phi) is 5.01. The highest BCUT2D eigenvalue weighted by molar-refractivity contribution is 7.92. The average molecular weight is 402 g/mol. The Bertz CT molecular complexity index is 1270. The van der Waals surface area contributed by atoms with Gasteiger partial charge in [0.15, 0.2) is 0 Å². The average Bonchev–Trinajstić information content (AvgIpc) is 2.74. The van der Waals surface area contributed by atoms with E-state index in [9.17, 15) is 13.2 Å². The largest absolute Gasteiger partial charge is 0.322 e. The molecule has 4 aromatic rings. The van der Waals surface area contributed by atoms with Gasteiger partial charge >= 0.3 is 0 Å². The minimum atomic E-state index is -3.72. The highest BCUT2D eigenvalue weighted by atomic mass is 32.2. The summed E-state index contributed by atoms with van der Waals surface area (Å²) in [7, 11) is -3.72. The Morgan fingerprint density at radius 1 is 0.655 bits per heavy atom. The van der Waals surface area contributed by atoms with Gasteiger partial charge in [0.25, 0.3) is 15.9 Å². The summed E-state index contributed by atoms with van der Waals surface area (Å²) in [6, 6.07) is 28.0. The lowest BCUT2D eigenvalue weighted by Gasteiger charge is -2.09. The first kappa shape index (κ1) is 18.7. The number of amides is 1. The number of benzene rings is 4. The van der Waals surface area contributed by atoms with E-state index in [-0.39, 0.29) is 10.8 Å². The third-order valence-corrected chi connectivity index (χ3v) is 5.86. The second kappa shape index (κ2) is 7.77. The molecule has 1 amide bonds. The van der Waals surface area contributed by atoms with Crippen LogP contribution in [0.2, 0.25) is 0 Å². The third kappa shape index (κ3) is 4.28. The minimum Gasteiger partial charge on any atom is -0.322 e. The molecule has 0 aliphatic heterocycles. The van der Waals surface area contributed by atoms with Gasteiger partial charge in [0.1, 0.15) is 0 Å². The first-order chi connectivity index (χ1) is 14.0. The van der Waals surface area contributed by atoms with E-state index in [1.165, 1.54) is 24.3 Å². The van der Waals surface area contributed by atoms with Crippen molar-refractivity contribution in [3.05, 3.63) is 103 Å². The molecule has 4 aromatic carbocycles. The van der Waals surface area contributed by atoms with Gasteiger partial charge in [0, 0.05) is 16.9 Å². The molecule has 0 radical (unpaired) electrons. The molecule has 0 saturated heterocycles. The summed E-state index contributed by atoms with van der Waals surface area (Å²) in [5.74, 6) is -0.305. The molecule has 0 bridgehead atoms. The fourth-order valence-electron chi connectivity index (χ4n) is 2.98. The van der Waals surface area contributed by atoms with Gasteiger partial charge in [-0.05, 0) is 59.3 Å². The number of para-hydroxylation sites is 1. The molecular weight excluding hydrogens is 384 g/mol. The van der Waals surface area contributed by atoms with Gasteiger partial charge in [0.2, 0.25) is 0 Å². The Labute approximate surface area is 169 Å². The topological polar surface area (TPSA) is 75.3 Å². The van der Waals surface area contributed by atoms with Crippen LogP contribution in [0.3, 0.4) is 0 Å². The first-order valence-corrected chi connectivity index (χ1v) is 10.5. The molecule has 0 aromatic heterocycles. The highest BCUT2D eigenvalue weighted by Gasteiger charge is 2.15. The predicted molar refractivity (Wildman–Crippen MR) is 116 cm³/mol. The van der Waals surface area contributed by atoms with E-state index in [0.717, 1.165) is 10.8 Å². The van der Waals surface area contributed by atoms with E-state index < -0.39 is 10.0 Å². The van der Waals surface area contributed by atoms with Crippen molar-refractivity contribution in [2.75, 3.05) is 10.0 Å². The van der Waals surface area contributed by atoms with E-state index >= 15 is 0 Å². The fourth-order valence-corrected chi connectivity index (χ4v) is 4.03. The van der Waals surface area contributed by atoms with Crippen molar-refractivity contribution in [3.63, 3.8) is 0 Å². The van der Waals surface area contributed by atoms with E-state index in [1.807, 2.05) is 42.5 Å². The van der Waals surface area contributed by atoms with Crippen molar-refractivity contribution in [2.45, 2.75) is 4.90 Å². The van der Waals surface area contributed by atoms with Crippen molar-refractivity contribution >= 4 is 38.1 Å². The van der Waals surface area contributed by atoms with E-state index in [1.54, 1.807) is 30.3 Å². The zero-order valence-corrected chi connectivity index (χ0v) is 16.2. The quantitative estimate of drug-likeness (QED) is 0.499. The van der Waals surface area contributed by atoms with Crippen molar-refractivity contribution in [2.24, 2.45) is 0 Å². The molecule has 0 unspecified atom stereocenters. The highest BCUT2D eigenvalue weighted by Crippen LogP contribution is 2.20. The summed E-state index contributed by atoms with van der Waals surface area (Å²) in [6.07, 6.45) is 0. The maximum atomic E-state index is 12.5. The molecular formula is C23H18N2O3S. The molecule has 2 N–H and O–H groups in total. The number of nitrogens with one attached hydrogen (secondary N) is 2. The van der Waals surface area contributed by atoms with Crippen molar-refractivity contribution in [1.29, 1.82) is 0 Å². The zero-order chi connectivity index (χ0) is 20.3. The smallest absolute Gasteiger partial charge is 0.261 e. The molecule has 144 valence electrons. The zero-order valence-electron chi connectivity index (χ0n) is 15.4. The number of carbonyl (C=O) groups is 1. The van der Waals surface area contributed by atoms with E-state index in [2.05, 4.69) is 10.0 Å². The van der Waals surface area contributed by atoms with Gasteiger partial charge in [-0.1, -0.05) is 48.5 Å². The number of anilines is 2. The van der Waals surface area contributed by atoms with Crippen LogP contribution in [-0.2, 0) is 10.0 Å². The van der Waals surface area contributed by atoms with Crippen molar-refractivity contribution in [3.8, 4) is 0 Å². The van der Waals surface area contributed by atoms with Gasteiger partial charge in [-0.15, -0.1) is 0 Å². The van der Waals surface area contributed by atoms with E-state index in [4.69, 9.17) is 0 Å². The van der Waals surface area contributed by atoms with Gasteiger partial charge in [0.05, 0.1) is 4.90 Å². The van der Waals surface area contributed by atoms with Crippen LogP contribution in [0, 0.1) is 0 Å². The number of hydrogen-bond acceptors (Lipinski definition) is 3. The maximum Gasteiger partial charge on any atom is 0.261 e. The van der Waals surface area contributed by atoms with Crippen LogP contribution < -0.4 is 10.0 Å². The number of fused-ring (bicyclic) bond motifs is 1. The summed E-state index contributed by atoms with van der Waals surface area (Å²) in [5, 5.41) is 4.96. The summed E-state index contributed by atoms with van der Waals surface area (Å²) in [4.78, 5) is 12.6. The molecule has 5 nitrogen and oxygen atoms in total. The van der Waals surface area contributed by atoms with Crippen LogP contribution in [0.4, 0.5) is 11.4 Å². The van der Waals surface area contributed by atoms with Crippen LogP contribution in [0.5, 0.6) is 0 Å². The van der Waals surface area contributed by atoms with Gasteiger partial charge in [-0.25, -0.2) is 8.42 Å².